The third kappa shape index (κ3) is 6.42. The van der Waals surface area contributed by atoms with Crippen molar-refractivity contribution in [2.45, 2.75) is 12.8 Å². The highest BCUT2D eigenvalue weighted by Gasteiger charge is 2.21. The molecule has 1 aromatic rings. The molecule has 0 aromatic heterocycles. The van der Waals surface area contributed by atoms with Gasteiger partial charge in [-0.15, -0.1) is 24.0 Å². The number of nitrogens with one attached hydrogen (secondary N) is 2. The van der Waals surface area contributed by atoms with Crippen LogP contribution in [0, 0.1) is 5.92 Å². The quantitative estimate of drug-likeness (QED) is 0.416. The van der Waals surface area contributed by atoms with Crippen LogP contribution in [0.5, 0.6) is 0 Å². The number of carbonyl (C=O) groups excluding carboxylic acids is 1. The van der Waals surface area contributed by atoms with E-state index in [4.69, 9.17) is 5.73 Å². The van der Waals surface area contributed by atoms with Gasteiger partial charge in [0.15, 0.2) is 5.96 Å². The molecule has 0 aliphatic heterocycles. The van der Waals surface area contributed by atoms with Gasteiger partial charge in [-0.05, 0) is 30.9 Å². The monoisotopic (exact) mass is 374 g/mol. The van der Waals surface area contributed by atoms with Crippen LogP contribution >= 0.6 is 24.0 Å². The van der Waals surface area contributed by atoms with Gasteiger partial charge in [-0.1, -0.05) is 18.2 Å². The summed E-state index contributed by atoms with van der Waals surface area (Å²) in [5, 5.41) is 5.76. The minimum Gasteiger partial charge on any atom is -0.370 e. The molecule has 1 fully saturated rings. The molecule has 4 N–H and O–H groups in total. The Morgan fingerprint density at radius 2 is 2.00 bits per heavy atom. The van der Waals surface area contributed by atoms with Gasteiger partial charge in [0.25, 0.3) is 0 Å². The lowest BCUT2D eigenvalue weighted by molar-refractivity contribution is -0.119. The minimum absolute atomic E-state index is 0. The first-order valence-electron chi connectivity index (χ1n) is 6.13. The standard InChI is InChI=1S/C13H18N4O.HI/c14-13(17-11-4-2-1-3-5-11)16-9-12(18)15-8-10-6-7-10;/h1-5,10H,6-9H2,(H,15,18)(H3,14,16,17);1H. The fourth-order valence-electron chi connectivity index (χ4n) is 1.50. The third-order valence-electron chi connectivity index (χ3n) is 2.72. The summed E-state index contributed by atoms with van der Waals surface area (Å²) >= 11 is 0. The van der Waals surface area contributed by atoms with E-state index in [1.807, 2.05) is 30.3 Å². The highest BCUT2D eigenvalue weighted by atomic mass is 127. The predicted molar refractivity (Wildman–Crippen MR) is 87.7 cm³/mol. The molecule has 0 atom stereocenters. The number of benzene rings is 1. The summed E-state index contributed by atoms with van der Waals surface area (Å²) in [4.78, 5) is 15.4. The second-order valence-corrected chi connectivity index (χ2v) is 4.44. The van der Waals surface area contributed by atoms with Crippen LogP contribution in [0.3, 0.4) is 0 Å². The van der Waals surface area contributed by atoms with E-state index in [0.29, 0.717) is 5.92 Å². The number of amides is 1. The molecule has 5 nitrogen and oxygen atoms in total. The molecule has 1 amide bonds. The molecule has 0 unspecified atom stereocenters. The molecule has 0 radical (unpaired) electrons. The molecule has 1 aliphatic carbocycles. The van der Waals surface area contributed by atoms with Gasteiger partial charge in [-0.25, -0.2) is 4.99 Å². The Balaban J connectivity index is 0.00000180. The smallest absolute Gasteiger partial charge is 0.241 e. The van der Waals surface area contributed by atoms with Crippen LogP contribution in [0.1, 0.15) is 12.8 Å². The molecule has 2 rings (SSSR count). The number of nitrogens with zero attached hydrogens (tertiary/aromatic N) is 1. The Morgan fingerprint density at radius 1 is 1.32 bits per heavy atom. The molecule has 1 aliphatic rings. The van der Waals surface area contributed by atoms with Gasteiger partial charge < -0.3 is 16.4 Å². The van der Waals surface area contributed by atoms with E-state index in [1.165, 1.54) is 12.8 Å². The first-order chi connectivity index (χ1) is 8.74. The number of guanidine groups is 1. The number of hydrogen-bond donors (Lipinski definition) is 3. The van der Waals surface area contributed by atoms with Crippen LogP contribution in [0.2, 0.25) is 0 Å². The number of anilines is 1. The lowest BCUT2D eigenvalue weighted by Crippen LogP contribution is -2.30. The fourth-order valence-corrected chi connectivity index (χ4v) is 1.50. The van der Waals surface area contributed by atoms with Crippen LogP contribution in [0.25, 0.3) is 0 Å². The second-order valence-electron chi connectivity index (χ2n) is 4.44. The molecular weight excluding hydrogens is 355 g/mol. The van der Waals surface area contributed by atoms with E-state index in [1.54, 1.807) is 0 Å². The van der Waals surface area contributed by atoms with Crippen LogP contribution in [-0.2, 0) is 4.79 Å². The summed E-state index contributed by atoms with van der Waals surface area (Å²) < 4.78 is 0. The molecule has 0 spiro atoms. The van der Waals surface area contributed by atoms with Crippen molar-refractivity contribution < 1.29 is 4.79 Å². The minimum atomic E-state index is -0.0836. The molecule has 0 heterocycles. The average Bonchev–Trinajstić information content (AvgIpc) is 3.19. The number of aliphatic imine (C=N–C) groups is 1. The summed E-state index contributed by atoms with van der Waals surface area (Å²) in [5.74, 6) is 0.847. The van der Waals surface area contributed by atoms with Crippen LogP contribution < -0.4 is 16.4 Å². The Labute approximate surface area is 130 Å². The molecule has 104 valence electrons. The van der Waals surface area contributed by atoms with Crippen molar-refractivity contribution in [3.63, 3.8) is 0 Å². The largest absolute Gasteiger partial charge is 0.370 e. The molecular formula is C13H19IN4O. The van der Waals surface area contributed by atoms with Gasteiger partial charge in [-0.3, -0.25) is 4.79 Å². The van der Waals surface area contributed by atoms with Gasteiger partial charge in [0.05, 0.1) is 0 Å². The zero-order valence-corrected chi connectivity index (χ0v) is 13.0. The number of halogens is 1. The molecule has 19 heavy (non-hydrogen) atoms. The summed E-state index contributed by atoms with van der Waals surface area (Å²) in [6.07, 6.45) is 2.45. The van der Waals surface area contributed by atoms with Crippen LogP contribution in [-0.4, -0.2) is 25.0 Å². The van der Waals surface area contributed by atoms with E-state index < -0.39 is 0 Å². The lowest BCUT2D eigenvalue weighted by atomic mass is 10.3. The second kappa shape index (κ2) is 7.98. The average molecular weight is 374 g/mol. The number of para-hydroxylation sites is 1. The summed E-state index contributed by atoms with van der Waals surface area (Å²) in [7, 11) is 0. The van der Waals surface area contributed by atoms with E-state index in [0.717, 1.165) is 12.2 Å². The highest BCUT2D eigenvalue weighted by Crippen LogP contribution is 2.27. The topological polar surface area (TPSA) is 79.5 Å². The molecule has 6 heteroatoms. The van der Waals surface area contributed by atoms with Crippen molar-refractivity contribution >= 4 is 41.5 Å². The molecule has 1 aromatic carbocycles. The highest BCUT2D eigenvalue weighted by molar-refractivity contribution is 14.0. The van der Waals surface area contributed by atoms with Crippen LogP contribution in [0.4, 0.5) is 5.69 Å². The maximum absolute atomic E-state index is 11.4. The molecule has 0 bridgehead atoms. The van der Waals surface area contributed by atoms with E-state index in [-0.39, 0.29) is 42.4 Å². The number of nitrogens with two attached hydrogens (primary N) is 1. The first-order valence-corrected chi connectivity index (χ1v) is 6.13. The Kier molecular flexibility index (Phi) is 6.61. The van der Waals surface area contributed by atoms with E-state index >= 15 is 0 Å². The number of carbonyl (C=O) groups is 1. The normalized spacial score (nSPS) is 14.4. The van der Waals surface area contributed by atoms with Crippen molar-refractivity contribution in [3.05, 3.63) is 30.3 Å². The SMILES string of the molecule is I.NC(=NCC(=O)NCC1CC1)Nc1ccccc1. The van der Waals surface area contributed by atoms with Gasteiger partial charge in [0, 0.05) is 12.2 Å². The number of rotatable bonds is 5. The van der Waals surface area contributed by atoms with Gasteiger partial charge in [0.2, 0.25) is 5.91 Å². The van der Waals surface area contributed by atoms with Crippen molar-refractivity contribution in [1.29, 1.82) is 0 Å². The van der Waals surface area contributed by atoms with E-state index in [2.05, 4.69) is 15.6 Å². The first kappa shape index (κ1) is 15.7. The van der Waals surface area contributed by atoms with Gasteiger partial charge in [-0.2, -0.15) is 0 Å². The maximum Gasteiger partial charge on any atom is 0.241 e. The zero-order chi connectivity index (χ0) is 12.8. The Hall–Kier alpha value is -1.31. The van der Waals surface area contributed by atoms with Crippen LogP contribution in [0.15, 0.2) is 35.3 Å². The summed E-state index contributed by atoms with van der Waals surface area (Å²) in [6, 6.07) is 9.49. The van der Waals surface area contributed by atoms with E-state index in [9.17, 15) is 4.79 Å². The van der Waals surface area contributed by atoms with Crippen molar-refractivity contribution in [1.82, 2.24) is 5.32 Å². The van der Waals surface area contributed by atoms with Crippen molar-refractivity contribution in [2.24, 2.45) is 16.6 Å². The lowest BCUT2D eigenvalue weighted by Gasteiger charge is -2.05. The summed E-state index contributed by atoms with van der Waals surface area (Å²) in [5.41, 5.74) is 6.54. The molecule has 1 saturated carbocycles. The van der Waals surface area contributed by atoms with Gasteiger partial charge >= 0.3 is 0 Å². The Morgan fingerprint density at radius 3 is 2.63 bits per heavy atom. The van der Waals surface area contributed by atoms with Gasteiger partial charge in [0.1, 0.15) is 6.54 Å². The van der Waals surface area contributed by atoms with Crippen molar-refractivity contribution in [3.8, 4) is 0 Å². The Bertz CT molecular complexity index is 432. The maximum atomic E-state index is 11.4. The molecule has 0 saturated heterocycles. The zero-order valence-electron chi connectivity index (χ0n) is 10.6. The predicted octanol–water partition coefficient (Wildman–Crippen LogP) is 1.56. The third-order valence-corrected chi connectivity index (χ3v) is 2.72. The van der Waals surface area contributed by atoms with Crippen molar-refractivity contribution in [2.75, 3.05) is 18.4 Å². The summed E-state index contributed by atoms with van der Waals surface area (Å²) in [6.45, 7) is 0.832. The fraction of sp³-hybridized carbons (Fsp3) is 0.385. The number of hydrogen-bond acceptors (Lipinski definition) is 2.